The Kier molecular flexibility index (Phi) is 11.5. The van der Waals surface area contributed by atoms with Crippen LogP contribution in [0.1, 0.15) is 53.4 Å². The molecule has 102 valence electrons. The predicted octanol–water partition coefficient (Wildman–Crippen LogP) is 2.97. The van der Waals surface area contributed by atoms with Crippen molar-refractivity contribution in [3.05, 3.63) is 0 Å². The topological polar surface area (TPSA) is 74.6 Å². The van der Waals surface area contributed by atoms with Crippen molar-refractivity contribution in [3.8, 4) is 0 Å². The summed E-state index contributed by atoms with van der Waals surface area (Å²) in [4.78, 5) is 18.9. The Balaban J connectivity index is 0. The molecule has 0 bridgehead atoms. The summed E-state index contributed by atoms with van der Waals surface area (Å²) in [6.45, 7) is 9.35. The van der Waals surface area contributed by atoms with Crippen LogP contribution in [0.3, 0.4) is 0 Å². The molecule has 0 spiro atoms. The van der Waals surface area contributed by atoms with Gasteiger partial charge in [0.15, 0.2) is 0 Å². The summed E-state index contributed by atoms with van der Waals surface area (Å²) in [5, 5.41) is 16.7. The van der Waals surface area contributed by atoms with E-state index < -0.39 is 18.4 Å². The Morgan fingerprint density at radius 2 is 1.61 bits per heavy atom. The number of carbonyl (C=O) groups is 2. The molecule has 0 aliphatic rings. The summed E-state index contributed by atoms with van der Waals surface area (Å²) in [7, 11) is 0. The molecular weight excluding hydrogens is 227 g/mol. The number of carboxylic acid groups (broad SMARTS) is 2. The molecule has 0 saturated heterocycles. The number of rotatable bonds is 6. The molecule has 0 radical (unpaired) electrons. The zero-order valence-corrected chi connectivity index (χ0v) is 12.3. The van der Waals surface area contributed by atoms with Crippen LogP contribution in [0.4, 0.5) is 0 Å². The van der Waals surface area contributed by atoms with E-state index in [2.05, 4.69) is 45.4 Å². The number of hydrogen-bond acceptors (Lipinski definition) is 2. The molecule has 0 aliphatic heterocycles. The van der Waals surface area contributed by atoms with Crippen LogP contribution in [-0.2, 0) is 9.59 Å². The first-order chi connectivity index (χ1) is 8.15. The van der Waals surface area contributed by atoms with Gasteiger partial charge >= 0.3 is 93.0 Å². The maximum atomic E-state index is 9.43. The molecule has 0 aromatic rings. The summed E-state index contributed by atoms with van der Waals surface area (Å²) in [6.07, 6.45) is 3.35. The molecule has 4 nitrogen and oxygen atoms in total. The van der Waals surface area contributed by atoms with Crippen molar-refractivity contribution in [2.45, 2.75) is 58.5 Å². The van der Waals surface area contributed by atoms with Crippen molar-refractivity contribution in [1.29, 1.82) is 0 Å². The molecule has 0 aliphatic carbocycles. The Labute approximate surface area is 119 Å². The maximum absolute atomic E-state index is 9.43. The van der Waals surface area contributed by atoms with Crippen LogP contribution >= 0.6 is 0 Å². The van der Waals surface area contributed by atoms with E-state index in [1.807, 2.05) is 0 Å². The Bertz CT molecular complexity index is 234. The Morgan fingerprint density at radius 3 is 1.78 bits per heavy atom. The van der Waals surface area contributed by atoms with Gasteiger partial charge in [-0.25, -0.2) is 0 Å². The Morgan fingerprint density at radius 1 is 1.17 bits per heavy atom. The summed E-state index contributed by atoms with van der Waals surface area (Å²) in [5.41, 5.74) is 0.518. The number of aliphatic carboxylic acids is 2. The van der Waals surface area contributed by atoms with E-state index in [0.29, 0.717) is 5.41 Å². The summed E-state index contributed by atoms with van der Waals surface area (Å²) in [5.74, 6) is -1.71. The van der Waals surface area contributed by atoms with Crippen LogP contribution in [0.15, 0.2) is 0 Å². The standard InChI is InChI=1S/C10H21.C3H4O4.Li/c1-6-7-8-9(2)10(3,4)5;4-2(5)1-3(6)7;/h9H,2,6-8H2,1,3-5H3;1H2,(H,4,5)(H,6,7);. The van der Waals surface area contributed by atoms with E-state index in [1.165, 1.54) is 24.4 Å². The van der Waals surface area contributed by atoms with E-state index in [9.17, 15) is 9.59 Å². The molecule has 0 aromatic heterocycles. The predicted molar refractivity (Wildman–Crippen MR) is 72.9 cm³/mol. The van der Waals surface area contributed by atoms with Crippen LogP contribution in [0, 0.1) is 11.3 Å². The van der Waals surface area contributed by atoms with Crippen molar-refractivity contribution in [2.75, 3.05) is 0 Å². The molecule has 1 unspecified atom stereocenters. The Hall–Kier alpha value is -0.463. The molecule has 0 heterocycles. The molecule has 5 heteroatoms. The van der Waals surface area contributed by atoms with Crippen molar-refractivity contribution < 1.29 is 19.8 Å². The van der Waals surface area contributed by atoms with Gasteiger partial charge in [0, 0.05) is 0 Å². The van der Waals surface area contributed by atoms with Crippen molar-refractivity contribution in [3.63, 3.8) is 0 Å². The SMILES string of the molecule is O=C(O)CC(=O)O.[Li][CH2]C(CCCC)C(C)(C)C. The molecule has 1 atom stereocenters. The van der Waals surface area contributed by atoms with Gasteiger partial charge in [0.2, 0.25) is 0 Å². The molecule has 0 rings (SSSR count). The first kappa shape index (κ1) is 19.9. The van der Waals surface area contributed by atoms with Gasteiger partial charge in [-0.3, -0.25) is 9.59 Å². The quantitative estimate of drug-likeness (QED) is 0.563. The fraction of sp³-hybridized carbons (Fsp3) is 0.846. The molecule has 18 heavy (non-hydrogen) atoms. The first-order valence-corrected chi connectivity index (χ1v) is 6.58. The third-order valence-electron chi connectivity index (χ3n) is 2.93. The number of carboxylic acids is 2. The van der Waals surface area contributed by atoms with Crippen molar-refractivity contribution in [2.24, 2.45) is 11.3 Å². The minimum absolute atomic E-state index is 0.518. The number of unbranched alkanes of at least 4 members (excludes halogenated alkanes) is 1. The van der Waals surface area contributed by atoms with Crippen LogP contribution < -0.4 is 0 Å². The van der Waals surface area contributed by atoms with E-state index in [1.54, 1.807) is 0 Å². The second kappa shape index (κ2) is 10.5. The zero-order valence-electron chi connectivity index (χ0n) is 12.3. The van der Waals surface area contributed by atoms with Gasteiger partial charge in [-0.05, 0) is 0 Å². The second-order valence-corrected chi connectivity index (χ2v) is 5.58. The van der Waals surface area contributed by atoms with Gasteiger partial charge in [-0.1, -0.05) is 0 Å². The molecule has 0 aromatic carbocycles. The normalized spacial score (nSPS) is 12.3. The van der Waals surface area contributed by atoms with Gasteiger partial charge in [0.05, 0.1) is 0 Å². The second-order valence-electron chi connectivity index (χ2n) is 5.58. The van der Waals surface area contributed by atoms with Gasteiger partial charge in [0.1, 0.15) is 6.42 Å². The first-order valence-electron chi connectivity index (χ1n) is 6.58. The summed E-state index contributed by atoms with van der Waals surface area (Å²) < 4.78 is 0. The average Bonchev–Trinajstić information content (AvgIpc) is 2.15. The van der Waals surface area contributed by atoms with Crippen LogP contribution in [-0.4, -0.2) is 39.9 Å². The van der Waals surface area contributed by atoms with E-state index in [4.69, 9.17) is 10.2 Å². The molecule has 2 N–H and O–H groups in total. The van der Waals surface area contributed by atoms with Gasteiger partial charge < -0.3 is 10.2 Å². The molecule has 0 saturated carbocycles. The summed E-state index contributed by atoms with van der Waals surface area (Å²) in [6, 6.07) is 0. The monoisotopic (exact) mass is 252 g/mol. The fourth-order valence-electron chi connectivity index (χ4n) is 1.83. The van der Waals surface area contributed by atoms with Crippen LogP contribution in [0.2, 0.25) is 5.09 Å². The van der Waals surface area contributed by atoms with Gasteiger partial charge in [0.25, 0.3) is 0 Å². The number of hydrogen-bond donors (Lipinski definition) is 2. The zero-order chi connectivity index (χ0) is 14.8. The minimum atomic E-state index is -1.31. The van der Waals surface area contributed by atoms with Crippen LogP contribution in [0.5, 0.6) is 0 Å². The third kappa shape index (κ3) is 13.6. The molecular formula is C13H25LiO4. The third-order valence-corrected chi connectivity index (χ3v) is 2.93. The molecule has 0 fully saturated rings. The van der Waals surface area contributed by atoms with E-state index in [0.717, 1.165) is 5.92 Å². The van der Waals surface area contributed by atoms with Gasteiger partial charge in [-0.2, -0.15) is 0 Å². The summed E-state index contributed by atoms with van der Waals surface area (Å²) >= 11 is 2.31. The van der Waals surface area contributed by atoms with E-state index in [-0.39, 0.29) is 0 Å². The molecule has 0 amide bonds. The fourth-order valence-corrected chi connectivity index (χ4v) is 1.83. The van der Waals surface area contributed by atoms with Crippen LogP contribution in [0.25, 0.3) is 0 Å². The van der Waals surface area contributed by atoms with Gasteiger partial charge in [-0.15, -0.1) is 0 Å². The average molecular weight is 252 g/mol. The van der Waals surface area contributed by atoms with E-state index >= 15 is 0 Å². The van der Waals surface area contributed by atoms with Crippen molar-refractivity contribution >= 4 is 29.7 Å². The van der Waals surface area contributed by atoms with Crippen molar-refractivity contribution in [1.82, 2.24) is 0 Å².